The Morgan fingerprint density at radius 3 is 2.95 bits per heavy atom. The smallest absolute Gasteiger partial charge is 0.201 e. The molecule has 21 heavy (non-hydrogen) atoms. The van der Waals surface area contributed by atoms with Crippen LogP contribution in [0.25, 0.3) is 21.1 Å². The normalized spacial score (nSPS) is 11.5. The summed E-state index contributed by atoms with van der Waals surface area (Å²) in [5.74, 6) is 1.83. The zero-order valence-corrected chi connectivity index (χ0v) is 12.8. The van der Waals surface area contributed by atoms with Crippen LogP contribution in [-0.2, 0) is 6.54 Å². The lowest BCUT2D eigenvalue weighted by Gasteiger charge is -2.09. The fraction of sp³-hybridized carbons (Fsp3) is 0.176. The molecule has 1 N–H and O–H groups in total. The van der Waals surface area contributed by atoms with Crippen molar-refractivity contribution in [2.75, 3.05) is 0 Å². The van der Waals surface area contributed by atoms with Gasteiger partial charge in [0.15, 0.2) is 5.75 Å². The lowest BCUT2D eigenvalue weighted by Crippen LogP contribution is -1.96. The molecule has 3 nitrogen and oxygen atoms in total. The molecule has 0 fully saturated rings. The molecule has 3 heterocycles. The van der Waals surface area contributed by atoms with E-state index in [0.29, 0.717) is 0 Å². The van der Waals surface area contributed by atoms with Crippen LogP contribution < -0.4 is 4.74 Å². The van der Waals surface area contributed by atoms with Crippen LogP contribution in [0.1, 0.15) is 12.6 Å². The van der Waals surface area contributed by atoms with Gasteiger partial charge in [0.1, 0.15) is 4.83 Å². The van der Waals surface area contributed by atoms with E-state index in [1.807, 2.05) is 12.1 Å². The van der Waals surface area contributed by atoms with E-state index in [-0.39, 0.29) is 0 Å². The molecule has 3 aromatic heterocycles. The van der Waals surface area contributed by atoms with Crippen molar-refractivity contribution < 1.29 is 4.74 Å². The first-order valence-electron chi connectivity index (χ1n) is 7.10. The zero-order chi connectivity index (χ0) is 14.4. The maximum atomic E-state index is 6.27. The number of nitrogens with zero attached hydrogens (tertiary/aromatic N) is 1. The van der Waals surface area contributed by atoms with Gasteiger partial charge >= 0.3 is 0 Å². The minimum atomic E-state index is 0.904. The van der Waals surface area contributed by atoms with Crippen molar-refractivity contribution in [1.29, 1.82) is 0 Å². The molecule has 0 amide bonds. The van der Waals surface area contributed by atoms with Crippen LogP contribution in [0.3, 0.4) is 0 Å². The van der Waals surface area contributed by atoms with E-state index in [1.54, 1.807) is 11.3 Å². The zero-order valence-electron chi connectivity index (χ0n) is 12.0. The van der Waals surface area contributed by atoms with Crippen molar-refractivity contribution in [3.05, 3.63) is 47.5 Å². The largest absolute Gasteiger partial charge is 0.438 e. The van der Waals surface area contributed by atoms with E-state index in [9.17, 15) is 0 Å². The van der Waals surface area contributed by atoms with Gasteiger partial charge in [-0.15, -0.1) is 11.3 Å². The number of benzene rings is 1. The number of aromatic amines is 1. The van der Waals surface area contributed by atoms with Gasteiger partial charge < -0.3 is 14.3 Å². The number of rotatable bonds is 3. The monoisotopic (exact) mass is 296 g/mol. The van der Waals surface area contributed by atoms with Crippen molar-refractivity contribution in [2.45, 2.75) is 20.4 Å². The molecule has 4 rings (SSSR count). The molecule has 0 saturated carbocycles. The predicted octanol–water partition coefficient (Wildman–Crippen LogP) is 5.30. The fourth-order valence-electron chi connectivity index (χ4n) is 2.82. The van der Waals surface area contributed by atoms with Crippen molar-refractivity contribution in [3.8, 4) is 11.6 Å². The van der Waals surface area contributed by atoms with Crippen molar-refractivity contribution in [3.63, 3.8) is 0 Å². The summed E-state index contributed by atoms with van der Waals surface area (Å²) in [5, 5.41) is 4.49. The Morgan fingerprint density at radius 2 is 2.10 bits per heavy atom. The molecule has 1 aromatic carbocycles. The van der Waals surface area contributed by atoms with E-state index in [0.717, 1.165) is 34.8 Å². The lowest BCUT2D eigenvalue weighted by atomic mass is 10.2. The summed E-state index contributed by atoms with van der Waals surface area (Å²) >= 11 is 1.75. The lowest BCUT2D eigenvalue weighted by molar-refractivity contribution is 0.439. The molecule has 4 aromatic rings. The highest BCUT2D eigenvalue weighted by molar-refractivity contribution is 7.16. The van der Waals surface area contributed by atoms with Crippen LogP contribution in [0.15, 0.2) is 41.8 Å². The number of H-pyrrole nitrogens is 1. The maximum Gasteiger partial charge on any atom is 0.201 e. The first-order chi connectivity index (χ1) is 10.3. The van der Waals surface area contributed by atoms with E-state index < -0.39 is 0 Å². The summed E-state index contributed by atoms with van der Waals surface area (Å²) in [7, 11) is 0. The standard InChI is InChI=1S/C17H16N2OS/c1-3-19-15(10-12-8-9-21-17(12)19)20-16-11(2)18-14-7-5-4-6-13(14)16/h4-10,18H,3H2,1-2H3. The van der Waals surface area contributed by atoms with Crippen LogP contribution in [0.5, 0.6) is 11.6 Å². The summed E-state index contributed by atoms with van der Waals surface area (Å²) in [6.07, 6.45) is 0. The van der Waals surface area contributed by atoms with E-state index in [4.69, 9.17) is 4.74 Å². The predicted molar refractivity (Wildman–Crippen MR) is 88.6 cm³/mol. The summed E-state index contributed by atoms with van der Waals surface area (Å²) < 4.78 is 8.49. The highest BCUT2D eigenvalue weighted by Gasteiger charge is 2.15. The summed E-state index contributed by atoms with van der Waals surface area (Å²) in [6, 6.07) is 12.5. The number of aryl methyl sites for hydroxylation is 2. The highest BCUT2D eigenvalue weighted by atomic mass is 32.1. The molecule has 0 radical (unpaired) electrons. The minimum absolute atomic E-state index is 0.904. The van der Waals surface area contributed by atoms with E-state index in [1.165, 1.54) is 10.2 Å². The Kier molecular flexibility index (Phi) is 2.79. The summed E-state index contributed by atoms with van der Waals surface area (Å²) in [6.45, 7) is 5.10. The van der Waals surface area contributed by atoms with Gasteiger partial charge in [-0.2, -0.15) is 0 Å². The van der Waals surface area contributed by atoms with Gasteiger partial charge in [-0.05, 0) is 37.4 Å². The molecule has 0 unspecified atom stereocenters. The third-order valence-electron chi connectivity index (χ3n) is 3.82. The number of fused-ring (bicyclic) bond motifs is 2. The van der Waals surface area contributed by atoms with E-state index in [2.05, 4.69) is 53.0 Å². The Balaban J connectivity index is 1.86. The number of para-hydroxylation sites is 1. The number of hydrogen-bond acceptors (Lipinski definition) is 2. The minimum Gasteiger partial charge on any atom is -0.438 e. The average molecular weight is 296 g/mol. The van der Waals surface area contributed by atoms with Gasteiger partial charge in [-0.1, -0.05) is 12.1 Å². The molecule has 0 saturated heterocycles. The SMILES string of the molecule is CCn1c(Oc2c(C)[nH]c3ccccc23)cc2ccsc21. The molecule has 106 valence electrons. The Hall–Kier alpha value is -2.20. The molecule has 0 aliphatic carbocycles. The number of thiophene rings is 1. The van der Waals surface area contributed by atoms with Crippen LogP contribution in [0.4, 0.5) is 0 Å². The topological polar surface area (TPSA) is 29.9 Å². The van der Waals surface area contributed by atoms with Crippen LogP contribution >= 0.6 is 11.3 Å². The Bertz CT molecular complexity index is 929. The highest BCUT2D eigenvalue weighted by Crippen LogP contribution is 2.37. The molecular formula is C17H16N2OS. The number of ether oxygens (including phenoxy) is 1. The van der Waals surface area contributed by atoms with E-state index >= 15 is 0 Å². The van der Waals surface area contributed by atoms with Crippen LogP contribution in [0.2, 0.25) is 0 Å². The molecule has 0 atom stereocenters. The Morgan fingerprint density at radius 1 is 1.24 bits per heavy atom. The van der Waals surface area contributed by atoms with Gasteiger partial charge in [-0.25, -0.2) is 0 Å². The van der Waals surface area contributed by atoms with Crippen molar-refractivity contribution in [1.82, 2.24) is 9.55 Å². The second-order valence-electron chi connectivity index (χ2n) is 5.13. The molecule has 0 aliphatic heterocycles. The molecule has 4 heteroatoms. The average Bonchev–Trinajstić information content (AvgIpc) is 3.13. The van der Waals surface area contributed by atoms with Crippen molar-refractivity contribution >= 4 is 32.5 Å². The molecular weight excluding hydrogens is 280 g/mol. The van der Waals surface area contributed by atoms with Gasteiger partial charge in [0, 0.05) is 28.9 Å². The Labute approximate surface area is 126 Å². The van der Waals surface area contributed by atoms with Crippen LogP contribution in [-0.4, -0.2) is 9.55 Å². The van der Waals surface area contributed by atoms with Crippen molar-refractivity contribution in [2.24, 2.45) is 0 Å². The summed E-state index contributed by atoms with van der Waals surface area (Å²) in [5.41, 5.74) is 2.17. The first-order valence-corrected chi connectivity index (χ1v) is 7.97. The quantitative estimate of drug-likeness (QED) is 0.546. The maximum absolute atomic E-state index is 6.27. The third-order valence-corrected chi connectivity index (χ3v) is 4.77. The fourth-order valence-corrected chi connectivity index (χ4v) is 3.78. The number of aromatic nitrogens is 2. The first kappa shape index (κ1) is 12.5. The molecule has 0 aliphatic rings. The van der Waals surface area contributed by atoms with Gasteiger partial charge in [0.2, 0.25) is 5.88 Å². The summed E-state index contributed by atoms with van der Waals surface area (Å²) in [4.78, 5) is 4.65. The third kappa shape index (κ3) is 1.87. The molecule has 0 spiro atoms. The van der Waals surface area contributed by atoms with Gasteiger partial charge in [0.25, 0.3) is 0 Å². The number of hydrogen-bond donors (Lipinski definition) is 1. The second-order valence-corrected chi connectivity index (χ2v) is 6.03. The molecule has 0 bridgehead atoms. The van der Waals surface area contributed by atoms with Crippen LogP contribution in [0, 0.1) is 6.92 Å². The van der Waals surface area contributed by atoms with Gasteiger partial charge in [-0.3, -0.25) is 0 Å². The van der Waals surface area contributed by atoms with Gasteiger partial charge in [0.05, 0.1) is 5.69 Å². The number of nitrogens with one attached hydrogen (secondary N) is 1. The second kappa shape index (κ2) is 4.67.